The molecule has 2 rings (SSSR count). The van der Waals surface area contributed by atoms with Gasteiger partial charge in [-0.25, -0.2) is 9.79 Å². The van der Waals surface area contributed by atoms with Crippen molar-refractivity contribution in [1.29, 1.82) is 0 Å². The van der Waals surface area contributed by atoms with Crippen molar-refractivity contribution in [3.05, 3.63) is 35.4 Å². The highest BCUT2D eigenvalue weighted by Crippen LogP contribution is 2.17. The smallest absolute Gasteiger partial charge is 0.235 e. The molecule has 3 heteroatoms. The highest BCUT2D eigenvalue weighted by Gasteiger charge is 2.18. The van der Waals surface area contributed by atoms with Gasteiger partial charge in [-0.2, -0.15) is 0 Å². The van der Waals surface area contributed by atoms with Gasteiger partial charge in [-0.1, -0.05) is 24.3 Å². The molecule has 1 heterocycles. The molecule has 1 aromatic rings. The third kappa shape index (κ3) is 2.75. The van der Waals surface area contributed by atoms with Gasteiger partial charge in [0.15, 0.2) is 0 Å². The van der Waals surface area contributed by atoms with Gasteiger partial charge in [-0.3, -0.25) is 0 Å². The SMILES string of the molecule is O=C=NCc1ccc(CC2COC2)cc1. The van der Waals surface area contributed by atoms with Crippen molar-refractivity contribution in [1.82, 2.24) is 0 Å². The van der Waals surface area contributed by atoms with Crippen LogP contribution in [0.2, 0.25) is 0 Å². The fourth-order valence-corrected chi connectivity index (χ4v) is 1.64. The third-order valence-corrected chi connectivity index (χ3v) is 2.58. The molecule has 0 radical (unpaired) electrons. The summed E-state index contributed by atoms with van der Waals surface area (Å²) in [6.07, 6.45) is 2.62. The summed E-state index contributed by atoms with van der Waals surface area (Å²) >= 11 is 0. The second-order valence-electron chi connectivity index (χ2n) is 3.83. The normalized spacial score (nSPS) is 15.5. The Morgan fingerprint density at radius 2 is 1.93 bits per heavy atom. The predicted molar refractivity (Wildman–Crippen MR) is 56.3 cm³/mol. The highest BCUT2D eigenvalue weighted by molar-refractivity contribution is 5.34. The first-order valence-corrected chi connectivity index (χ1v) is 5.07. The maximum atomic E-state index is 9.93. The zero-order chi connectivity index (χ0) is 10.5. The number of carbonyl (C=O) groups excluding carboxylic acids is 1. The molecule has 15 heavy (non-hydrogen) atoms. The van der Waals surface area contributed by atoms with Gasteiger partial charge in [0.25, 0.3) is 0 Å². The van der Waals surface area contributed by atoms with Gasteiger partial charge >= 0.3 is 0 Å². The molecule has 0 amide bonds. The summed E-state index contributed by atoms with van der Waals surface area (Å²) in [6.45, 7) is 2.20. The third-order valence-electron chi connectivity index (χ3n) is 2.58. The maximum Gasteiger partial charge on any atom is 0.235 e. The van der Waals surface area contributed by atoms with Crippen molar-refractivity contribution in [3.8, 4) is 0 Å². The molecular weight excluding hydrogens is 190 g/mol. The Kier molecular flexibility index (Phi) is 3.28. The number of ether oxygens (including phenoxy) is 1. The minimum Gasteiger partial charge on any atom is -0.381 e. The zero-order valence-corrected chi connectivity index (χ0v) is 8.48. The molecule has 0 unspecified atom stereocenters. The first-order chi connectivity index (χ1) is 7.38. The van der Waals surface area contributed by atoms with E-state index in [1.807, 2.05) is 12.1 Å². The Morgan fingerprint density at radius 1 is 1.27 bits per heavy atom. The molecule has 0 N–H and O–H groups in total. The molecule has 1 aliphatic rings. The van der Waals surface area contributed by atoms with E-state index in [1.54, 1.807) is 0 Å². The topological polar surface area (TPSA) is 38.7 Å². The van der Waals surface area contributed by atoms with Gasteiger partial charge in [-0.15, -0.1) is 0 Å². The van der Waals surface area contributed by atoms with Crippen LogP contribution in [0.15, 0.2) is 29.3 Å². The Bertz CT molecular complexity index is 362. The van der Waals surface area contributed by atoms with Crippen LogP contribution in [0.4, 0.5) is 0 Å². The minimum absolute atomic E-state index is 0.427. The van der Waals surface area contributed by atoms with Crippen LogP contribution in [0.3, 0.4) is 0 Å². The Labute approximate surface area is 88.8 Å². The van der Waals surface area contributed by atoms with Gasteiger partial charge in [0, 0.05) is 5.92 Å². The first kappa shape index (κ1) is 10.1. The van der Waals surface area contributed by atoms with E-state index >= 15 is 0 Å². The van der Waals surface area contributed by atoms with Crippen LogP contribution in [0.1, 0.15) is 11.1 Å². The summed E-state index contributed by atoms with van der Waals surface area (Å²) in [7, 11) is 0. The molecule has 0 atom stereocenters. The number of benzene rings is 1. The van der Waals surface area contributed by atoms with E-state index in [9.17, 15) is 4.79 Å². The fourth-order valence-electron chi connectivity index (χ4n) is 1.64. The molecule has 0 spiro atoms. The van der Waals surface area contributed by atoms with E-state index in [1.165, 1.54) is 11.6 Å². The Balaban J connectivity index is 1.93. The van der Waals surface area contributed by atoms with Gasteiger partial charge < -0.3 is 4.74 Å². The summed E-state index contributed by atoms with van der Waals surface area (Å²) in [5.41, 5.74) is 2.37. The first-order valence-electron chi connectivity index (χ1n) is 5.07. The Hall–Kier alpha value is -1.44. The Morgan fingerprint density at radius 3 is 2.47 bits per heavy atom. The lowest BCUT2D eigenvalue weighted by Crippen LogP contribution is -2.29. The molecule has 78 valence electrons. The lowest BCUT2D eigenvalue weighted by Gasteiger charge is -2.25. The monoisotopic (exact) mass is 203 g/mol. The van der Waals surface area contributed by atoms with E-state index < -0.39 is 0 Å². The molecule has 1 aromatic carbocycles. The van der Waals surface area contributed by atoms with E-state index in [0.29, 0.717) is 12.5 Å². The van der Waals surface area contributed by atoms with Crippen molar-refractivity contribution >= 4 is 6.08 Å². The summed E-state index contributed by atoms with van der Waals surface area (Å²) in [6, 6.07) is 8.20. The summed E-state index contributed by atoms with van der Waals surface area (Å²) < 4.78 is 5.13. The number of aliphatic imine (C=N–C) groups is 1. The van der Waals surface area contributed by atoms with Gasteiger partial charge in [0.2, 0.25) is 6.08 Å². The van der Waals surface area contributed by atoms with E-state index in [0.717, 1.165) is 25.2 Å². The lowest BCUT2D eigenvalue weighted by molar-refractivity contribution is -0.0312. The highest BCUT2D eigenvalue weighted by atomic mass is 16.5. The number of isocyanates is 1. The molecule has 0 bridgehead atoms. The number of nitrogens with zero attached hydrogens (tertiary/aromatic N) is 1. The molecule has 0 aromatic heterocycles. The predicted octanol–water partition coefficient (Wildman–Crippen LogP) is 1.71. The van der Waals surface area contributed by atoms with Gasteiger partial charge in [0.1, 0.15) is 0 Å². The molecule has 1 aliphatic heterocycles. The summed E-state index contributed by atoms with van der Waals surface area (Å²) in [5, 5.41) is 0. The van der Waals surface area contributed by atoms with Crippen LogP contribution in [-0.2, 0) is 22.5 Å². The summed E-state index contributed by atoms with van der Waals surface area (Å²) in [5.74, 6) is 0.684. The second kappa shape index (κ2) is 4.87. The van der Waals surface area contributed by atoms with Crippen molar-refractivity contribution in [2.45, 2.75) is 13.0 Å². The average molecular weight is 203 g/mol. The maximum absolute atomic E-state index is 9.93. The standard InChI is InChI=1S/C12H13NO2/c14-9-13-6-11-3-1-10(2-4-11)5-12-7-15-8-12/h1-4,12H,5-8H2. The average Bonchev–Trinajstić information content (AvgIpc) is 2.22. The van der Waals surface area contributed by atoms with Crippen molar-refractivity contribution < 1.29 is 9.53 Å². The van der Waals surface area contributed by atoms with E-state index in [4.69, 9.17) is 4.74 Å². The quantitative estimate of drug-likeness (QED) is 0.552. The molecule has 0 saturated carbocycles. The fraction of sp³-hybridized carbons (Fsp3) is 0.417. The minimum atomic E-state index is 0.427. The molecule has 0 aliphatic carbocycles. The zero-order valence-electron chi connectivity index (χ0n) is 8.48. The van der Waals surface area contributed by atoms with Crippen LogP contribution < -0.4 is 0 Å². The molecule has 3 nitrogen and oxygen atoms in total. The van der Waals surface area contributed by atoms with E-state index in [2.05, 4.69) is 17.1 Å². The van der Waals surface area contributed by atoms with E-state index in [-0.39, 0.29) is 0 Å². The lowest BCUT2D eigenvalue weighted by atomic mass is 9.97. The molecular formula is C12H13NO2. The second-order valence-corrected chi connectivity index (χ2v) is 3.83. The number of hydrogen-bond donors (Lipinski definition) is 0. The largest absolute Gasteiger partial charge is 0.381 e. The summed E-state index contributed by atoms with van der Waals surface area (Å²) in [4.78, 5) is 13.5. The van der Waals surface area contributed by atoms with Crippen LogP contribution >= 0.6 is 0 Å². The number of rotatable bonds is 4. The molecule has 1 saturated heterocycles. The van der Waals surface area contributed by atoms with Crippen LogP contribution in [-0.4, -0.2) is 19.3 Å². The van der Waals surface area contributed by atoms with Crippen molar-refractivity contribution in [2.24, 2.45) is 10.9 Å². The van der Waals surface area contributed by atoms with Gasteiger partial charge in [0.05, 0.1) is 19.8 Å². The van der Waals surface area contributed by atoms with Gasteiger partial charge in [-0.05, 0) is 17.5 Å². The van der Waals surface area contributed by atoms with Crippen LogP contribution in [0.5, 0.6) is 0 Å². The molecule has 1 fully saturated rings. The van der Waals surface area contributed by atoms with Crippen molar-refractivity contribution in [2.75, 3.05) is 13.2 Å². The van der Waals surface area contributed by atoms with Crippen LogP contribution in [0, 0.1) is 5.92 Å². The van der Waals surface area contributed by atoms with Crippen LogP contribution in [0.25, 0.3) is 0 Å². The van der Waals surface area contributed by atoms with Crippen molar-refractivity contribution in [3.63, 3.8) is 0 Å². The number of hydrogen-bond acceptors (Lipinski definition) is 3.